The number of rotatable bonds is 8. The summed E-state index contributed by atoms with van der Waals surface area (Å²) >= 11 is 0. The van der Waals surface area contributed by atoms with Crippen molar-refractivity contribution in [2.24, 2.45) is 23.7 Å². The van der Waals surface area contributed by atoms with E-state index in [0.717, 1.165) is 32.2 Å². The monoisotopic (exact) mass is 578 g/mol. The lowest BCUT2D eigenvalue weighted by Gasteiger charge is -2.39. The molecule has 0 aromatic heterocycles. The molecule has 9 atom stereocenters. The number of ether oxygens (including phenoxy) is 2. The van der Waals surface area contributed by atoms with Crippen LogP contribution in [0.5, 0.6) is 5.75 Å². The zero-order valence-corrected chi connectivity index (χ0v) is 25.4. The summed E-state index contributed by atoms with van der Waals surface area (Å²) in [5, 5.41) is 6.34. The van der Waals surface area contributed by atoms with Crippen LogP contribution >= 0.6 is 0 Å². The van der Waals surface area contributed by atoms with Gasteiger partial charge < -0.3 is 25.0 Å². The number of anilines is 1. The lowest BCUT2D eigenvalue weighted by molar-refractivity contribution is -0.142. The van der Waals surface area contributed by atoms with E-state index in [4.69, 9.17) is 9.47 Å². The largest absolute Gasteiger partial charge is 0.497 e. The number of hydrogen-bond acceptors (Lipinski definition) is 6. The molecule has 4 heterocycles. The van der Waals surface area contributed by atoms with Gasteiger partial charge in [-0.25, -0.2) is 0 Å². The molecule has 5 aliphatic rings. The molecule has 1 aromatic rings. The second-order valence-electron chi connectivity index (χ2n) is 13.2. The quantitative estimate of drug-likeness (QED) is 0.458. The van der Waals surface area contributed by atoms with Crippen LogP contribution in [0.4, 0.5) is 5.69 Å². The molecule has 3 amide bonds. The molecule has 0 radical (unpaired) electrons. The van der Waals surface area contributed by atoms with E-state index in [1.165, 1.54) is 12.8 Å². The number of nitrogens with zero attached hydrogens (tertiary/aromatic N) is 2. The number of likely N-dealkylation sites (tertiary alicyclic amines) is 2. The number of carbonyl (C=O) groups is 3. The minimum absolute atomic E-state index is 0.0625. The van der Waals surface area contributed by atoms with Crippen molar-refractivity contribution >= 4 is 23.4 Å². The van der Waals surface area contributed by atoms with Crippen molar-refractivity contribution in [3.63, 3.8) is 0 Å². The number of fused-ring (bicyclic) bond motifs is 1. The van der Waals surface area contributed by atoms with Crippen LogP contribution in [0.1, 0.15) is 59.3 Å². The molecule has 1 spiro atoms. The summed E-state index contributed by atoms with van der Waals surface area (Å²) in [4.78, 5) is 46.5. The van der Waals surface area contributed by atoms with Gasteiger partial charge in [-0.2, -0.15) is 0 Å². The first-order chi connectivity index (χ1) is 20.2. The highest BCUT2D eigenvalue weighted by atomic mass is 16.5. The van der Waals surface area contributed by atoms with Gasteiger partial charge in [-0.15, -0.1) is 0 Å². The van der Waals surface area contributed by atoms with E-state index in [1.807, 2.05) is 12.2 Å². The van der Waals surface area contributed by atoms with E-state index in [1.54, 1.807) is 36.3 Å². The third-order valence-electron chi connectivity index (χ3n) is 10.9. The first-order valence-corrected chi connectivity index (χ1v) is 15.9. The average molecular weight is 579 g/mol. The normalized spacial score (nSPS) is 37.5. The predicted molar refractivity (Wildman–Crippen MR) is 160 cm³/mol. The smallest absolute Gasteiger partial charge is 0.246 e. The van der Waals surface area contributed by atoms with Gasteiger partial charge in [0.25, 0.3) is 0 Å². The zero-order valence-electron chi connectivity index (χ0n) is 25.4. The third-order valence-corrected chi connectivity index (χ3v) is 10.9. The van der Waals surface area contributed by atoms with Crippen molar-refractivity contribution < 1.29 is 23.9 Å². The lowest BCUT2D eigenvalue weighted by atomic mass is 9.73. The maximum Gasteiger partial charge on any atom is 0.246 e. The van der Waals surface area contributed by atoms with Crippen LogP contribution in [0.2, 0.25) is 0 Å². The van der Waals surface area contributed by atoms with Gasteiger partial charge in [-0.05, 0) is 68.8 Å². The van der Waals surface area contributed by atoms with Crippen molar-refractivity contribution in [1.82, 2.24) is 15.1 Å². The Kier molecular flexibility index (Phi) is 8.09. The number of hydrogen-bond donors (Lipinski definition) is 2. The zero-order chi connectivity index (χ0) is 29.6. The van der Waals surface area contributed by atoms with Gasteiger partial charge in [0.05, 0.1) is 25.0 Å². The highest BCUT2D eigenvalue weighted by Crippen LogP contribution is 2.55. The molecule has 0 unspecified atom stereocenters. The van der Waals surface area contributed by atoms with E-state index >= 15 is 0 Å². The average Bonchev–Trinajstić information content (AvgIpc) is 3.62. The van der Waals surface area contributed by atoms with Crippen LogP contribution in [-0.4, -0.2) is 84.1 Å². The van der Waals surface area contributed by atoms with Crippen LogP contribution < -0.4 is 15.4 Å². The number of piperidine rings is 1. The van der Waals surface area contributed by atoms with Crippen LogP contribution in [-0.2, 0) is 19.1 Å². The lowest BCUT2D eigenvalue weighted by Crippen LogP contribution is -2.58. The Bertz CT molecular complexity index is 1220. The molecule has 1 saturated carbocycles. The molecule has 4 aliphatic heterocycles. The van der Waals surface area contributed by atoms with Crippen LogP contribution in [0, 0.1) is 23.7 Å². The van der Waals surface area contributed by atoms with E-state index in [0.29, 0.717) is 42.4 Å². The Hall–Kier alpha value is -2.91. The molecule has 9 heteroatoms. The van der Waals surface area contributed by atoms with Gasteiger partial charge in [0, 0.05) is 30.9 Å². The fourth-order valence-corrected chi connectivity index (χ4v) is 8.18. The van der Waals surface area contributed by atoms with Gasteiger partial charge in [-0.3, -0.25) is 19.3 Å². The van der Waals surface area contributed by atoms with Crippen molar-refractivity contribution in [2.45, 2.75) is 89.1 Å². The predicted octanol–water partition coefficient (Wildman–Crippen LogP) is 3.60. The summed E-state index contributed by atoms with van der Waals surface area (Å²) < 4.78 is 11.8. The summed E-state index contributed by atoms with van der Waals surface area (Å²) in [6, 6.07) is 6.83. The Morgan fingerprint density at radius 1 is 1.02 bits per heavy atom. The van der Waals surface area contributed by atoms with Crippen LogP contribution in [0.3, 0.4) is 0 Å². The first kappa shape index (κ1) is 29.2. The Morgan fingerprint density at radius 3 is 2.55 bits per heavy atom. The molecular weight excluding hydrogens is 532 g/mol. The molecule has 228 valence electrons. The molecule has 3 saturated heterocycles. The fraction of sp³-hybridized carbons (Fsp3) is 0.667. The van der Waals surface area contributed by atoms with Gasteiger partial charge in [0.1, 0.15) is 17.4 Å². The summed E-state index contributed by atoms with van der Waals surface area (Å²) in [6.45, 7) is 8.83. The van der Waals surface area contributed by atoms with Crippen LogP contribution in [0.25, 0.3) is 0 Å². The summed E-state index contributed by atoms with van der Waals surface area (Å²) in [7, 11) is 1.59. The highest BCUT2D eigenvalue weighted by Gasteiger charge is 2.72. The van der Waals surface area contributed by atoms with Gasteiger partial charge >= 0.3 is 0 Å². The van der Waals surface area contributed by atoms with Crippen molar-refractivity contribution in [2.75, 3.05) is 32.1 Å². The molecule has 6 rings (SSSR count). The molecule has 1 aliphatic carbocycles. The summed E-state index contributed by atoms with van der Waals surface area (Å²) in [5.41, 5.74) is -0.525. The van der Waals surface area contributed by atoms with E-state index < -0.39 is 29.6 Å². The minimum atomic E-state index is -1.15. The van der Waals surface area contributed by atoms with Crippen molar-refractivity contribution in [1.29, 1.82) is 0 Å². The molecule has 9 nitrogen and oxygen atoms in total. The second kappa shape index (κ2) is 11.6. The minimum Gasteiger partial charge on any atom is -0.497 e. The van der Waals surface area contributed by atoms with Crippen molar-refractivity contribution in [3.05, 3.63) is 36.4 Å². The highest BCUT2D eigenvalue weighted by molar-refractivity contribution is 6.02. The van der Waals surface area contributed by atoms with Crippen LogP contribution in [0.15, 0.2) is 36.4 Å². The SMILES string of the molecule is COc1ccc(NC(=O)[C@@H]2[C@@H]3C=C[C@]4(O3)[C@@H]2C(=O)N(CCN2CCCC[C@H]2C)[C@H]4C(=O)N[C@@H]2CCC[C@H](C)[C@H]2C)cc1. The molecule has 2 N–H and O–H groups in total. The topological polar surface area (TPSA) is 100 Å². The number of carbonyl (C=O) groups excluding carboxylic acids is 3. The van der Waals surface area contributed by atoms with Gasteiger partial charge in [0.2, 0.25) is 17.7 Å². The Balaban J connectivity index is 1.27. The standard InChI is InChI=1S/C33H46N4O5/c1-20-8-7-10-25(22(20)3)35-31(39)29-33-16-15-26(42-33)27(30(38)34-23-11-13-24(41-4)14-12-23)28(33)32(40)37(29)19-18-36-17-6-5-9-21(36)2/h11-16,20-22,25-29H,5-10,17-19H2,1-4H3,(H,34,38)(H,35,39)/t20-,21+,22+,25+,26-,27+,28-,29-,33-/m0/s1. The maximum absolute atomic E-state index is 14.3. The molecule has 42 heavy (non-hydrogen) atoms. The number of amides is 3. The van der Waals surface area contributed by atoms with Crippen molar-refractivity contribution in [3.8, 4) is 5.75 Å². The first-order valence-electron chi connectivity index (χ1n) is 15.9. The Labute approximate surface area is 249 Å². The van der Waals surface area contributed by atoms with Gasteiger partial charge in [0.15, 0.2) is 0 Å². The third kappa shape index (κ3) is 5.02. The Morgan fingerprint density at radius 2 is 1.81 bits per heavy atom. The number of methoxy groups -OCH3 is 1. The van der Waals surface area contributed by atoms with Gasteiger partial charge in [-0.1, -0.05) is 45.3 Å². The van der Waals surface area contributed by atoms with E-state index in [9.17, 15) is 14.4 Å². The molecular formula is C33H46N4O5. The maximum atomic E-state index is 14.3. The molecule has 2 bridgehead atoms. The number of benzene rings is 1. The molecule has 4 fully saturated rings. The summed E-state index contributed by atoms with van der Waals surface area (Å²) in [6.07, 6.45) is 9.92. The fourth-order valence-electron chi connectivity index (χ4n) is 8.18. The van der Waals surface area contributed by atoms with E-state index in [2.05, 4.69) is 36.3 Å². The second-order valence-corrected chi connectivity index (χ2v) is 13.2. The van der Waals surface area contributed by atoms with E-state index in [-0.39, 0.29) is 23.8 Å². The summed E-state index contributed by atoms with van der Waals surface area (Å²) in [5.74, 6) is -0.475. The molecule has 1 aromatic carbocycles. The number of nitrogens with one attached hydrogen (secondary N) is 2.